The van der Waals surface area contributed by atoms with Crippen molar-refractivity contribution in [2.24, 2.45) is 0 Å². The molecule has 1 aliphatic rings. The Bertz CT molecular complexity index is 1100. The highest BCUT2D eigenvalue weighted by Gasteiger charge is 2.36. The van der Waals surface area contributed by atoms with E-state index in [9.17, 15) is 14.4 Å². The van der Waals surface area contributed by atoms with Crippen LogP contribution in [0.2, 0.25) is 0 Å². The van der Waals surface area contributed by atoms with Crippen molar-refractivity contribution in [1.29, 1.82) is 0 Å². The SMILES string of the molecule is O=C(CN1C(=O)c2ccccc2C1=O)NC(=S)Nc1cccc2ccccc12. The smallest absolute Gasteiger partial charge is 0.262 e. The van der Waals surface area contributed by atoms with E-state index in [2.05, 4.69) is 10.6 Å². The van der Waals surface area contributed by atoms with Crippen LogP contribution >= 0.6 is 12.2 Å². The molecule has 0 aliphatic carbocycles. The molecule has 0 saturated heterocycles. The molecule has 0 spiro atoms. The van der Waals surface area contributed by atoms with Crippen LogP contribution in [-0.2, 0) is 4.79 Å². The zero-order valence-corrected chi connectivity index (χ0v) is 15.5. The summed E-state index contributed by atoms with van der Waals surface area (Å²) in [5.74, 6) is -1.51. The normalized spacial score (nSPS) is 12.8. The first-order valence-corrected chi connectivity index (χ1v) is 8.99. The van der Waals surface area contributed by atoms with Crippen molar-refractivity contribution in [2.75, 3.05) is 11.9 Å². The fourth-order valence-electron chi connectivity index (χ4n) is 3.18. The van der Waals surface area contributed by atoms with Gasteiger partial charge in [0.1, 0.15) is 6.54 Å². The van der Waals surface area contributed by atoms with Crippen LogP contribution in [0.25, 0.3) is 10.8 Å². The Hall–Kier alpha value is -3.58. The predicted molar refractivity (Wildman–Crippen MR) is 110 cm³/mol. The molecule has 2 N–H and O–H groups in total. The molecule has 3 aromatic carbocycles. The number of imide groups is 1. The van der Waals surface area contributed by atoms with Crippen molar-refractivity contribution >= 4 is 51.5 Å². The van der Waals surface area contributed by atoms with Gasteiger partial charge in [-0.15, -0.1) is 0 Å². The van der Waals surface area contributed by atoms with Gasteiger partial charge < -0.3 is 10.6 Å². The quantitative estimate of drug-likeness (QED) is 0.532. The number of rotatable bonds is 3. The topological polar surface area (TPSA) is 78.5 Å². The molecule has 4 rings (SSSR count). The molecule has 7 heteroatoms. The Morgan fingerprint density at radius 3 is 2.18 bits per heavy atom. The number of thiocarbonyl (C=S) groups is 1. The first-order chi connectivity index (χ1) is 13.5. The lowest BCUT2D eigenvalue weighted by molar-refractivity contribution is -0.120. The number of benzene rings is 3. The van der Waals surface area contributed by atoms with Crippen LogP contribution < -0.4 is 10.6 Å². The zero-order valence-electron chi connectivity index (χ0n) is 14.6. The Balaban J connectivity index is 1.42. The first kappa shape index (κ1) is 17.8. The minimum absolute atomic E-state index is 0.0953. The van der Waals surface area contributed by atoms with Crippen LogP contribution in [0.15, 0.2) is 66.7 Å². The van der Waals surface area contributed by atoms with Crippen LogP contribution in [0.1, 0.15) is 20.7 Å². The third-order valence-electron chi connectivity index (χ3n) is 4.47. The molecular weight excluding hydrogens is 374 g/mol. The van der Waals surface area contributed by atoms with Crippen molar-refractivity contribution in [2.45, 2.75) is 0 Å². The van der Waals surface area contributed by atoms with Gasteiger partial charge in [0.2, 0.25) is 5.91 Å². The van der Waals surface area contributed by atoms with E-state index in [4.69, 9.17) is 12.2 Å². The van der Waals surface area contributed by atoms with Crippen molar-refractivity contribution in [1.82, 2.24) is 10.2 Å². The van der Waals surface area contributed by atoms with Gasteiger partial charge in [-0.2, -0.15) is 0 Å². The summed E-state index contributed by atoms with van der Waals surface area (Å²) in [6.07, 6.45) is 0. The number of amides is 3. The maximum absolute atomic E-state index is 12.3. The molecule has 0 radical (unpaired) electrons. The second kappa shape index (κ2) is 7.21. The van der Waals surface area contributed by atoms with Gasteiger partial charge in [0.05, 0.1) is 11.1 Å². The van der Waals surface area contributed by atoms with E-state index in [-0.39, 0.29) is 5.11 Å². The standard InChI is InChI=1S/C21H15N3O3S/c25-18(12-24-19(26)15-9-3-4-10-16(15)20(24)27)23-21(28)22-17-11-5-7-13-6-1-2-8-14(13)17/h1-11H,12H2,(H2,22,23,25,28). The second-order valence-electron chi connectivity index (χ2n) is 6.27. The van der Waals surface area contributed by atoms with Crippen LogP contribution in [-0.4, -0.2) is 34.3 Å². The van der Waals surface area contributed by atoms with Gasteiger partial charge in [0.25, 0.3) is 11.8 Å². The molecule has 6 nitrogen and oxygen atoms in total. The van der Waals surface area contributed by atoms with E-state index in [1.54, 1.807) is 24.3 Å². The molecule has 0 unspecified atom stereocenters. The lowest BCUT2D eigenvalue weighted by atomic mass is 10.1. The molecule has 3 aromatic rings. The van der Waals surface area contributed by atoms with E-state index < -0.39 is 24.3 Å². The predicted octanol–water partition coefficient (Wildman–Crippen LogP) is 2.95. The average Bonchev–Trinajstić information content (AvgIpc) is 2.93. The molecule has 0 atom stereocenters. The minimum Gasteiger partial charge on any atom is -0.332 e. The van der Waals surface area contributed by atoms with Gasteiger partial charge in [0.15, 0.2) is 5.11 Å². The molecule has 0 saturated carbocycles. The van der Waals surface area contributed by atoms with Gasteiger partial charge >= 0.3 is 0 Å². The van der Waals surface area contributed by atoms with Crippen LogP contribution in [0, 0.1) is 0 Å². The molecule has 1 heterocycles. The molecule has 28 heavy (non-hydrogen) atoms. The Morgan fingerprint density at radius 2 is 1.46 bits per heavy atom. The maximum atomic E-state index is 12.3. The first-order valence-electron chi connectivity index (χ1n) is 8.58. The number of hydrogen-bond acceptors (Lipinski definition) is 4. The highest BCUT2D eigenvalue weighted by Crippen LogP contribution is 2.23. The number of nitrogens with zero attached hydrogens (tertiary/aromatic N) is 1. The summed E-state index contributed by atoms with van der Waals surface area (Å²) in [6.45, 7) is -0.399. The van der Waals surface area contributed by atoms with Gasteiger partial charge in [-0.05, 0) is 35.8 Å². The third-order valence-corrected chi connectivity index (χ3v) is 4.67. The van der Waals surface area contributed by atoms with Crippen molar-refractivity contribution < 1.29 is 14.4 Å². The van der Waals surface area contributed by atoms with Crippen LogP contribution in [0.5, 0.6) is 0 Å². The fraction of sp³-hybridized carbons (Fsp3) is 0.0476. The molecule has 0 bridgehead atoms. The second-order valence-corrected chi connectivity index (χ2v) is 6.68. The van der Waals surface area contributed by atoms with Gasteiger partial charge in [-0.25, -0.2) is 0 Å². The van der Waals surface area contributed by atoms with Crippen LogP contribution in [0.3, 0.4) is 0 Å². The van der Waals surface area contributed by atoms with E-state index >= 15 is 0 Å². The Morgan fingerprint density at radius 1 is 0.857 bits per heavy atom. The number of carbonyl (C=O) groups excluding carboxylic acids is 3. The molecule has 1 aliphatic heterocycles. The lowest BCUT2D eigenvalue weighted by Gasteiger charge is -2.15. The van der Waals surface area contributed by atoms with E-state index in [0.29, 0.717) is 11.1 Å². The number of nitrogens with one attached hydrogen (secondary N) is 2. The van der Waals surface area contributed by atoms with Crippen LogP contribution in [0.4, 0.5) is 5.69 Å². The summed E-state index contributed by atoms with van der Waals surface area (Å²) < 4.78 is 0. The summed E-state index contributed by atoms with van der Waals surface area (Å²) in [5.41, 5.74) is 1.36. The Labute approximate surface area is 166 Å². The molecule has 3 amide bonds. The highest BCUT2D eigenvalue weighted by molar-refractivity contribution is 7.80. The van der Waals surface area contributed by atoms with Crippen molar-refractivity contribution in [3.8, 4) is 0 Å². The molecule has 0 aromatic heterocycles. The number of anilines is 1. The van der Waals surface area contributed by atoms with Gasteiger partial charge in [0, 0.05) is 11.1 Å². The molecule has 0 fully saturated rings. The third kappa shape index (κ3) is 3.23. The number of fused-ring (bicyclic) bond motifs is 2. The highest BCUT2D eigenvalue weighted by atomic mass is 32.1. The van der Waals surface area contributed by atoms with E-state index in [1.165, 1.54) is 0 Å². The number of carbonyl (C=O) groups is 3. The molecule has 138 valence electrons. The summed E-state index contributed by atoms with van der Waals surface area (Å²) >= 11 is 5.21. The summed E-state index contributed by atoms with van der Waals surface area (Å²) in [7, 11) is 0. The number of hydrogen-bond donors (Lipinski definition) is 2. The zero-order chi connectivity index (χ0) is 19.7. The van der Waals surface area contributed by atoms with Gasteiger partial charge in [-0.1, -0.05) is 48.5 Å². The van der Waals surface area contributed by atoms with E-state index in [1.807, 2.05) is 42.5 Å². The largest absolute Gasteiger partial charge is 0.332 e. The lowest BCUT2D eigenvalue weighted by Crippen LogP contribution is -2.43. The monoisotopic (exact) mass is 389 g/mol. The maximum Gasteiger partial charge on any atom is 0.262 e. The van der Waals surface area contributed by atoms with Crippen molar-refractivity contribution in [3.63, 3.8) is 0 Å². The van der Waals surface area contributed by atoms with Gasteiger partial charge in [-0.3, -0.25) is 19.3 Å². The average molecular weight is 389 g/mol. The van der Waals surface area contributed by atoms with Crippen molar-refractivity contribution in [3.05, 3.63) is 77.9 Å². The summed E-state index contributed by atoms with van der Waals surface area (Å²) in [4.78, 5) is 37.9. The minimum atomic E-state index is -0.549. The summed E-state index contributed by atoms with van der Waals surface area (Å²) in [5, 5.41) is 7.60. The summed E-state index contributed by atoms with van der Waals surface area (Å²) in [6, 6.07) is 20.0. The Kier molecular flexibility index (Phi) is 4.58. The fourth-order valence-corrected chi connectivity index (χ4v) is 3.40. The molecular formula is C21H15N3O3S. The van der Waals surface area contributed by atoms with E-state index in [0.717, 1.165) is 21.4 Å².